The highest BCUT2D eigenvalue weighted by molar-refractivity contribution is 5.79. The molecule has 1 aromatic carbocycles. The molecule has 1 aliphatic rings. The van der Waals surface area contributed by atoms with E-state index >= 15 is 0 Å². The Labute approximate surface area is 141 Å². The lowest BCUT2D eigenvalue weighted by molar-refractivity contribution is -0.787. The second-order valence-corrected chi connectivity index (χ2v) is 8.17. The molecular formula is C18H26F3N2O+. The van der Waals surface area contributed by atoms with Crippen LogP contribution in [0.5, 0.6) is 0 Å². The van der Waals surface area contributed by atoms with Crippen molar-refractivity contribution in [3.8, 4) is 0 Å². The minimum absolute atomic E-state index is 0.0237. The van der Waals surface area contributed by atoms with Crippen LogP contribution in [0, 0.1) is 0 Å². The van der Waals surface area contributed by atoms with Crippen molar-refractivity contribution in [3.05, 3.63) is 35.4 Å². The fraction of sp³-hybridized carbons (Fsp3) is 0.611. The number of piperidine rings is 1. The summed E-state index contributed by atoms with van der Waals surface area (Å²) >= 11 is 0. The van der Waals surface area contributed by atoms with E-state index in [1.807, 2.05) is 0 Å². The third-order valence-corrected chi connectivity index (χ3v) is 4.31. The molecule has 0 aromatic heterocycles. The van der Waals surface area contributed by atoms with E-state index in [1.165, 1.54) is 6.07 Å². The lowest BCUT2D eigenvalue weighted by atomic mass is 9.79. The minimum atomic E-state index is -4.39. The van der Waals surface area contributed by atoms with Crippen LogP contribution >= 0.6 is 0 Å². The highest BCUT2D eigenvalue weighted by Gasteiger charge is 2.42. The quantitative estimate of drug-likeness (QED) is 0.871. The lowest BCUT2D eigenvalue weighted by Gasteiger charge is -2.43. The molecule has 134 valence electrons. The van der Waals surface area contributed by atoms with E-state index in [9.17, 15) is 18.0 Å². The Morgan fingerprint density at radius 2 is 1.79 bits per heavy atom. The summed E-state index contributed by atoms with van der Waals surface area (Å²) < 4.78 is 38.2. The van der Waals surface area contributed by atoms with Crippen molar-refractivity contribution in [2.75, 3.05) is 0 Å². The summed E-state index contributed by atoms with van der Waals surface area (Å²) in [5.74, 6) is -0.229. The third kappa shape index (κ3) is 5.23. The topological polar surface area (TPSA) is 45.7 Å². The number of quaternary nitrogens is 1. The zero-order chi connectivity index (χ0) is 18.2. The Bertz CT molecular complexity index is 593. The molecule has 0 spiro atoms. The fourth-order valence-electron chi connectivity index (χ4n) is 3.94. The average molecular weight is 343 g/mol. The number of nitrogens with two attached hydrogens (primary N) is 1. The van der Waals surface area contributed by atoms with Crippen molar-refractivity contribution in [3.63, 3.8) is 0 Å². The van der Waals surface area contributed by atoms with Crippen molar-refractivity contribution in [1.29, 1.82) is 0 Å². The molecule has 0 saturated carbocycles. The van der Waals surface area contributed by atoms with E-state index in [2.05, 4.69) is 38.3 Å². The van der Waals surface area contributed by atoms with Gasteiger partial charge in [-0.2, -0.15) is 13.2 Å². The fourth-order valence-corrected chi connectivity index (χ4v) is 3.94. The summed E-state index contributed by atoms with van der Waals surface area (Å²) in [4.78, 5) is 12.3. The standard InChI is InChI=1S/C18H25F3N2O/c1-16(2)10-14(11-17(3,4)23-16)22-15(24)9-12-6-5-7-13(8-12)18(19,20)21/h5-8,14,23H,9-11H2,1-4H3,(H,22,24)/p+1. The molecule has 1 amide bonds. The van der Waals surface area contributed by atoms with Crippen molar-refractivity contribution in [1.82, 2.24) is 5.32 Å². The predicted molar refractivity (Wildman–Crippen MR) is 86.4 cm³/mol. The van der Waals surface area contributed by atoms with Gasteiger partial charge < -0.3 is 10.6 Å². The van der Waals surface area contributed by atoms with Crippen LogP contribution < -0.4 is 10.6 Å². The molecule has 1 aromatic rings. The Morgan fingerprint density at radius 1 is 1.21 bits per heavy atom. The maximum Gasteiger partial charge on any atom is 0.416 e. The van der Waals surface area contributed by atoms with Crippen LogP contribution in [-0.4, -0.2) is 23.0 Å². The van der Waals surface area contributed by atoms with Gasteiger partial charge in [0.05, 0.1) is 23.1 Å². The molecule has 1 fully saturated rings. The number of carbonyl (C=O) groups is 1. The molecule has 24 heavy (non-hydrogen) atoms. The molecule has 0 bridgehead atoms. The Balaban J connectivity index is 2.01. The molecule has 0 unspecified atom stereocenters. The molecule has 0 atom stereocenters. The van der Waals surface area contributed by atoms with Crippen LogP contribution in [0.1, 0.15) is 51.7 Å². The lowest BCUT2D eigenvalue weighted by Crippen LogP contribution is -3.06. The van der Waals surface area contributed by atoms with Gasteiger partial charge in [-0.05, 0) is 39.3 Å². The SMILES string of the molecule is CC1(C)CC(NC(=O)Cc2cccc(C(F)(F)F)c2)CC(C)(C)[NH2+]1. The van der Waals surface area contributed by atoms with E-state index in [1.54, 1.807) is 6.07 Å². The van der Waals surface area contributed by atoms with E-state index in [-0.39, 0.29) is 29.4 Å². The molecule has 0 aliphatic carbocycles. The molecule has 0 radical (unpaired) electrons. The molecular weight excluding hydrogens is 317 g/mol. The molecule has 3 nitrogen and oxygen atoms in total. The number of rotatable bonds is 3. The maximum absolute atomic E-state index is 12.7. The average Bonchev–Trinajstić information content (AvgIpc) is 2.33. The molecule has 3 N–H and O–H groups in total. The third-order valence-electron chi connectivity index (χ3n) is 4.31. The van der Waals surface area contributed by atoms with Gasteiger partial charge in [-0.15, -0.1) is 0 Å². The van der Waals surface area contributed by atoms with Crippen LogP contribution in [0.25, 0.3) is 0 Å². The van der Waals surface area contributed by atoms with E-state index < -0.39 is 11.7 Å². The molecule has 2 rings (SSSR count). The number of amides is 1. The molecule has 1 heterocycles. The highest BCUT2D eigenvalue weighted by atomic mass is 19.4. The smallest absolute Gasteiger partial charge is 0.353 e. The number of benzene rings is 1. The van der Waals surface area contributed by atoms with Crippen molar-refractivity contribution in [2.24, 2.45) is 0 Å². The van der Waals surface area contributed by atoms with E-state index in [4.69, 9.17) is 0 Å². The minimum Gasteiger partial charge on any atom is -0.353 e. The normalized spacial score (nSPS) is 20.6. The Hall–Kier alpha value is -1.56. The monoisotopic (exact) mass is 343 g/mol. The van der Waals surface area contributed by atoms with Gasteiger partial charge >= 0.3 is 6.18 Å². The first-order valence-corrected chi connectivity index (χ1v) is 8.19. The molecule has 6 heteroatoms. The van der Waals surface area contributed by atoms with Gasteiger partial charge in [0.25, 0.3) is 0 Å². The van der Waals surface area contributed by atoms with Gasteiger partial charge in [0.1, 0.15) is 0 Å². The summed E-state index contributed by atoms with van der Waals surface area (Å²) in [6.07, 6.45) is -2.75. The van der Waals surface area contributed by atoms with Gasteiger partial charge in [0.2, 0.25) is 5.91 Å². The first kappa shape index (κ1) is 18.8. The summed E-state index contributed by atoms with van der Waals surface area (Å²) in [7, 11) is 0. The largest absolute Gasteiger partial charge is 0.416 e. The number of nitrogens with one attached hydrogen (secondary N) is 1. The van der Waals surface area contributed by atoms with Crippen molar-refractivity contribution >= 4 is 5.91 Å². The van der Waals surface area contributed by atoms with Gasteiger partial charge in [-0.3, -0.25) is 4.79 Å². The Kier molecular flexibility index (Phi) is 5.00. The second kappa shape index (κ2) is 6.39. The highest BCUT2D eigenvalue weighted by Crippen LogP contribution is 2.29. The van der Waals surface area contributed by atoms with Crippen molar-refractivity contribution in [2.45, 2.75) is 70.3 Å². The van der Waals surface area contributed by atoms with E-state index in [0.29, 0.717) is 5.56 Å². The maximum atomic E-state index is 12.7. The first-order valence-electron chi connectivity index (χ1n) is 8.19. The Morgan fingerprint density at radius 3 is 2.33 bits per heavy atom. The van der Waals surface area contributed by atoms with Gasteiger partial charge in [-0.25, -0.2) is 0 Å². The summed E-state index contributed by atoms with van der Waals surface area (Å²) in [6, 6.07) is 4.99. The summed E-state index contributed by atoms with van der Waals surface area (Å²) in [5.41, 5.74) is -0.295. The molecule has 1 saturated heterocycles. The summed E-state index contributed by atoms with van der Waals surface area (Å²) in [6.45, 7) is 8.56. The van der Waals surface area contributed by atoms with Crippen LogP contribution in [0.4, 0.5) is 13.2 Å². The van der Waals surface area contributed by atoms with Crippen LogP contribution in [0.15, 0.2) is 24.3 Å². The van der Waals surface area contributed by atoms with Gasteiger partial charge in [0, 0.05) is 18.9 Å². The number of hydrogen-bond acceptors (Lipinski definition) is 1. The number of alkyl halides is 3. The zero-order valence-electron chi connectivity index (χ0n) is 14.6. The predicted octanol–water partition coefficient (Wildman–Crippen LogP) is 2.65. The number of halogens is 3. The van der Waals surface area contributed by atoms with Crippen LogP contribution in [0.3, 0.4) is 0 Å². The number of hydrogen-bond donors (Lipinski definition) is 2. The second-order valence-electron chi connectivity index (χ2n) is 8.17. The zero-order valence-corrected chi connectivity index (χ0v) is 14.6. The van der Waals surface area contributed by atoms with Gasteiger partial charge in [-0.1, -0.05) is 18.2 Å². The van der Waals surface area contributed by atoms with Crippen LogP contribution in [0.2, 0.25) is 0 Å². The number of carbonyl (C=O) groups excluding carboxylic acids is 1. The van der Waals surface area contributed by atoms with Gasteiger partial charge in [0.15, 0.2) is 0 Å². The first-order chi connectivity index (χ1) is 10.9. The van der Waals surface area contributed by atoms with Crippen molar-refractivity contribution < 1.29 is 23.3 Å². The van der Waals surface area contributed by atoms with E-state index in [0.717, 1.165) is 25.0 Å². The summed E-state index contributed by atoms with van der Waals surface area (Å²) in [5, 5.41) is 5.31. The molecule has 1 aliphatic heterocycles. The van der Waals surface area contributed by atoms with Crippen LogP contribution in [-0.2, 0) is 17.4 Å².